The second-order valence-corrected chi connectivity index (χ2v) is 6.98. The smallest absolute Gasteiger partial charge is 0.297 e. The fourth-order valence-corrected chi connectivity index (χ4v) is 2.92. The van der Waals surface area contributed by atoms with Crippen LogP contribution in [-0.2, 0) is 9.59 Å². The normalized spacial score (nSPS) is 15.9. The third-order valence-corrected chi connectivity index (χ3v) is 4.48. The highest BCUT2D eigenvalue weighted by Gasteiger charge is 2.27. The number of anilines is 1. The first-order valence-corrected chi connectivity index (χ1v) is 8.75. The van der Waals surface area contributed by atoms with E-state index >= 15 is 0 Å². The van der Waals surface area contributed by atoms with E-state index in [-0.39, 0.29) is 17.4 Å². The summed E-state index contributed by atoms with van der Waals surface area (Å²) >= 11 is 1.14. The van der Waals surface area contributed by atoms with Crippen LogP contribution in [0.1, 0.15) is 27.2 Å². The SMILES string of the molecule is CC(=O)SCCC(=O)Nc1c[n+](N2CCN(C(C)C)CC2)no1. The minimum atomic E-state index is -0.188. The van der Waals surface area contributed by atoms with E-state index in [1.54, 1.807) is 11.0 Å². The fourth-order valence-electron chi connectivity index (χ4n) is 2.35. The van der Waals surface area contributed by atoms with Crippen molar-refractivity contribution in [1.82, 2.24) is 10.2 Å². The summed E-state index contributed by atoms with van der Waals surface area (Å²) in [7, 11) is 0. The molecule has 1 saturated heterocycles. The zero-order valence-electron chi connectivity index (χ0n) is 13.8. The van der Waals surface area contributed by atoms with E-state index in [2.05, 4.69) is 34.3 Å². The van der Waals surface area contributed by atoms with Crippen LogP contribution in [-0.4, -0.2) is 59.2 Å². The zero-order valence-corrected chi connectivity index (χ0v) is 14.6. The van der Waals surface area contributed by atoms with Crippen molar-refractivity contribution in [3.63, 3.8) is 0 Å². The van der Waals surface area contributed by atoms with E-state index in [0.717, 1.165) is 37.9 Å². The number of carbonyl (C=O) groups excluding carboxylic acids is 2. The van der Waals surface area contributed by atoms with Crippen LogP contribution < -0.4 is 15.1 Å². The summed E-state index contributed by atoms with van der Waals surface area (Å²) in [6.07, 6.45) is 1.93. The monoisotopic (exact) mass is 342 g/mol. The highest BCUT2D eigenvalue weighted by Crippen LogP contribution is 2.07. The van der Waals surface area contributed by atoms with Gasteiger partial charge in [0.1, 0.15) is 0 Å². The van der Waals surface area contributed by atoms with Gasteiger partial charge in [0.25, 0.3) is 6.20 Å². The number of piperazine rings is 1. The van der Waals surface area contributed by atoms with Gasteiger partial charge in [0, 0.05) is 38.2 Å². The number of nitrogens with zero attached hydrogens (tertiary/aromatic N) is 4. The summed E-state index contributed by atoms with van der Waals surface area (Å²) in [6, 6.07) is 0.544. The van der Waals surface area contributed by atoms with Crippen LogP contribution in [0.3, 0.4) is 0 Å². The molecular formula is C14H24N5O3S+. The first kappa shape index (κ1) is 17.7. The van der Waals surface area contributed by atoms with Gasteiger partial charge in [0.05, 0.1) is 17.9 Å². The van der Waals surface area contributed by atoms with Gasteiger partial charge in [0.15, 0.2) is 5.12 Å². The van der Waals surface area contributed by atoms with Gasteiger partial charge in [-0.3, -0.25) is 24.3 Å². The summed E-state index contributed by atoms with van der Waals surface area (Å²) in [4.78, 5) is 26.6. The van der Waals surface area contributed by atoms with Crippen LogP contribution in [0.4, 0.5) is 5.88 Å². The summed E-state index contributed by atoms with van der Waals surface area (Å²) in [5.41, 5.74) is 0. The molecule has 1 fully saturated rings. The van der Waals surface area contributed by atoms with Gasteiger partial charge in [-0.1, -0.05) is 11.8 Å². The van der Waals surface area contributed by atoms with Crippen molar-refractivity contribution in [3.05, 3.63) is 6.20 Å². The Balaban J connectivity index is 1.79. The number of amides is 1. The van der Waals surface area contributed by atoms with E-state index in [9.17, 15) is 9.59 Å². The van der Waals surface area contributed by atoms with Gasteiger partial charge in [-0.2, -0.15) is 5.01 Å². The van der Waals surface area contributed by atoms with Crippen LogP contribution in [0.2, 0.25) is 0 Å². The number of hydrogen-bond donors (Lipinski definition) is 1. The molecule has 9 heteroatoms. The van der Waals surface area contributed by atoms with Gasteiger partial charge < -0.3 is 0 Å². The predicted molar refractivity (Wildman–Crippen MR) is 87.7 cm³/mol. The van der Waals surface area contributed by atoms with Gasteiger partial charge in [0.2, 0.25) is 11.2 Å². The van der Waals surface area contributed by atoms with Crippen molar-refractivity contribution in [1.29, 1.82) is 0 Å². The Morgan fingerprint density at radius 3 is 2.70 bits per heavy atom. The maximum atomic E-state index is 11.7. The molecule has 128 valence electrons. The maximum absolute atomic E-state index is 11.7. The molecule has 8 nitrogen and oxygen atoms in total. The lowest BCUT2D eigenvalue weighted by atomic mass is 10.2. The van der Waals surface area contributed by atoms with E-state index < -0.39 is 0 Å². The average Bonchev–Trinajstić information content (AvgIpc) is 2.95. The molecule has 1 aliphatic heterocycles. The largest absolute Gasteiger partial charge is 0.305 e. The number of aromatic nitrogens is 2. The second kappa shape index (κ2) is 8.30. The molecule has 0 atom stereocenters. The van der Waals surface area contributed by atoms with Gasteiger partial charge in [-0.15, -0.1) is 0 Å². The Morgan fingerprint density at radius 1 is 1.39 bits per heavy atom. The van der Waals surface area contributed by atoms with Gasteiger partial charge in [-0.25, -0.2) is 0 Å². The first-order valence-electron chi connectivity index (χ1n) is 7.77. The first-order chi connectivity index (χ1) is 11.0. The number of nitrogens with one attached hydrogen (secondary N) is 1. The lowest BCUT2D eigenvalue weighted by Gasteiger charge is -2.32. The van der Waals surface area contributed by atoms with Gasteiger partial charge in [-0.05, 0) is 13.8 Å². The van der Waals surface area contributed by atoms with Crippen molar-refractivity contribution >= 4 is 28.7 Å². The average molecular weight is 342 g/mol. The van der Waals surface area contributed by atoms with Crippen LogP contribution >= 0.6 is 11.8 Å². The maximum Gasteiger partial charge on any atom is 0.305 e. The van der Waals surface area contributed by atoms with Crippen molar-refractivity contribution in [2.45, 2.75) is 33.2 Å². The molecule has 0 spiro atoms. The summed E-state index contributed by atoms with van der Waals surface area (Å²) in [5, 5.41) is 8.68. The van der Waals surface area contributed by atoms with E-state index in [4.69, 9.17) is 4.52 Å². The van der Waals surface area contributed by atoms with E-state index in [1.165, 1.54) is 6.92 Å². The van der Waals surface area contributed by atoms with Crippen LogP contribution in [0.5, 0.6) is 0 Å². The number of rotatable bonds is 6. The fraction of sp³-hybridized carbons (Fsp3) is 0.714. The Hall–Kier alpha value is -1.61. The summed E-state index contributed by atoms with van der Waals surface area (Å²) in [6.45, 7) is 9.54. The van der Waals surface area contributed by atoms with Crippen molar-refractivity contribution in [2.24, 2.45) is 0 Å². The molecule has 0 radical (unpaired) electrons. The third-order valence-electron chi connectivity index (χ3n) is 3.66. The molecule has 23 heavy (non-hydrogen) atoms. The molecule has 1 amide bonds. The second-order valence-electron chi connectivity index (χ2n) is 5.71. The third kappa shape index (κ3) is 5.51. The van der Waals surface area contributed by atoms with Crippen LogP contribution in [0.25, 0.3) is 0 Å². The molecule has 2 heterocycles. The van der Waals surface area contributed by atoms with Crippen molar-refractivity contribution in [3.8, 4) is 0 Å². The number of carbonyl (C=O) groups is 2. The molecule has 0 unspecified atom stereocenters. The Bertz CT molecular complexity index is 540. The molecule has 0 aliphatic carbocycles. The Kier molecular flexibility index (Phi) is 6.40. The standard InChI is InChI=1S/C14H23N5O3S/c1-11(2)17-5-7-18(8-6-17)19-10-14(22-16-19)15-13(21)4-9-23-12(3)20/h10-11H,4-9H2,1-3H3/p+1. The summed E-state index contributed by atoms with van der Waals surface area (Å²) in [5.74, 6) is 0.590. The van der Waals surface area contributed by atoms with Crippen molar-refractivity contribution < 1.29 is 18.9 Å². The van der Waals surface area contributed by atoms with Gasteiger partial charge >= 0.3 is 5.88 Å². The minimum absolute atomic E-state index is 0.0100. The van der Waals surface area contributed by atoms with E-state index in [0.29, 0.717) is 17.7 Å². The molecule has 1 N–H and O–H groups in total. The molecular weight excluding hydrogens is 318 g/mol. The highest BCUT2D eigenvalue weighted by atomic mass is 32.2. The van der Waals surface area contributed by atoms with E-state index in [1.807, 2.05) is 0 Å². The molecule has 0 saturated carbocycles. The number of thioether (sulfide) groups is 1. The zero-order chi connectivity index (χ0) is 16.8. The molecule has 0 bridgehead atoms. The lowest BCUT2D eigenvalue weighted by Crippen LogP contribution is -2.65. The number of hydrogen-bond acceptors (Lipinski definition) is 7. The van der Waals surface area contributed by atoms with Crippen molar-refractivity contribution in [2.75, 3.05) is 42.3 Å². The Morgan fingerprint density at radius 2 is 2.09 bits per heavy atom. The predicted octanol–water partition coefficient (Wildman–Crippen LogP) is 0.232. The lowest BCUT2D eigenvalue weighted by molar-refractivity contribution is -0.759. The van der Waals surface area contributed by atoms with Crippen LogP contribution in [0.15, 0.2) is 10.7 Å². The summed E-state index contributed by atoms with van der Waals surface area (Å²) < 4.78 is 5.14. The molecule has 1 aromatic rings. The minimum Gasteiger partial charge on any atom is -0.297 e. The molecule has 1 aliphatic rings. The molecule has 2 rings (SSSR count). The molecule has 0 aromatic carbocycles. The molecule has 1 aromatic heterocycles. The quantitative estimate of drug-likeness (QED) is 0.741. The highest BCUT2D eigenvalue weighted by molar-refractivity contribution is 8.13. The Labute approximate surface area is 140 Å². The van der Waals surface area contributed by atoms with Crippen LogP contribution in [0, 0.1) is 0 Å². The topological polar surface area (TPSA) is 82.6 Å².